The average molecular weight is 585 g/mol. The number of ether oxygens (including phenoxy) is 1. The van der Waals surface area contributed by atoms with Crippen molar-refractivity contribution in [3.63, 3.8) is 0 Å². The fourth-order valence-corrected chi connectivity index (χ4v) is 8.31. The molecule has 3 saturated carbocycles. The second-order valence-corrected chi connectivity index (χ2v) is 12.7. The van der Waals surface area contributed by atoms with Crippen molar-refractivity contribution >= 4 is 44.8 Å². The van der Waals surface area contributed by atoms with Crippen LogP contribution in [0.3, 0.4) is 0 Å². The van der Waals surface area contributed by atoms with E-state index in [-0.39, 0.29) is 29.0 Å². The smallest absolute Gasteiger partial charge is 0.151 e. The predicted octanol–water partition coefficient (Wildman–Crippen LogP) is 7.74. The summed E-state index contributed by atoms with van der Waals surface area (Å²) in [5.74, 6) is 0.532. The van der Waals surface area contributed by atoms with E-state index in [1.165, 1.54) is 17.4 Å². The first-order valence-electron chi connectivity index (χ1n) is 13.1. The monoisotopic (exact) mass is 583 g/mol. The van der Waals surface area contributed by atoms with E-state index in [9.17, 15) is 14.8 Å². The lowest BCUT2D eigenvalue weighted by Gasteiger charge is -2.41. The van der Waals surface area contributed by atoms with E-state index < -0.39 is 11.4 Å². The normalized spacial score (nSPS) is 26.3. The Morgan fingerprint density at radius 2 is 1.87 bits per heavy atom. The van der Waals surface area contributed by atoms with Crippen molar-refractivity contribution in [2.24, 2.45) is 11.8 Å². The van der Waals surface area contributed by atoms with Crippen LogP contribution in [0.15, 0.2) is 34.9 Å². The van der Waals surface area contributed by atoms with Crippen molar-refractivity contribution < 1.29 is 18.8 Å². The third kappa shape index (κ3) is 4.18. The van der Waals surface area contributed by atoms with E-state index in [4.69, 9.17) is 32.5 Å². The second kappa shape index (κ2) is 9.53. The van der Waals surface area contributed by atoms with Crippen molar-refractivity contribution in [2.45, 2.75) is 62.8 Å². The van der Waals surface area contributed by atoms with Gasteiger partial charge < -0.3 is 14.4 Å². The molecule has 3 aliphatic rings. The van der Waals surface area contributed by atoms with Gasteiger partial charge >= 0.3 is 0 Å². The van der Waals surface area contributed by atoms with Crippen LogP contribution in [0.1, 0.15) is 66.3 Å². The lowest BCUT2D eigenvalue weighted by Crippen LogP contribution is -2.44. The van der Waals surface area contributed by atoms with Gasteiger partial charge in [0.2, 0.25) is 0 Å². The molecular weight excluding hydrogens is 560 g/mol. The van der Waals surface area contributed by atoms with Crippen molar-refractivity contribution in [1.29, 1.82) is 5.26 Å². The summed E-state index contributed by atoms with van der Waals surface area (Å²) in [6.07, 6.45) is 5.08. The van der Waals surface area contributed by atoms with Gasteiger partial charge in [-0.15, -0.1) is 11.3 Å². The molecule has 1 N–H and O–H groups in total. The number of aromatic nitrogens is 2. The quantitative estimate of drug-likeness (QED) is 0.249. The van der Waals surface area contributed by atoms with Gasteiger partial charge in [-0.25, -0.2) is 9.37 Å². The van der Waals surface area contributed by atoms with E-state index >= 15 is 0 Å². The third-order valence-electron chi connectivity index (χ3n) is 8.55. The van der Waals surface area contributed by atoms with Crippen LogP contribution in [0.4, 0.5) is 4.39 Å². The molecule has 2 heterocycles. The summed E-state index contributed by atoms with van der Waals surface area (Å²) in [5.41, 5.74) is 1.49. The largest absolute Gasteiger partial charge is 0.382 e. The Morgan fingerprint density at radius 1 is 1.15 bits per heavy atom. The number of fused-ring (bicyclic) bond motifs is 3. The highest BCUT2D eigenvalue weighted by Crippen LogP contribution is 2.57. The molecule has 10 heteroatoms. The molecule has 2 aromatic heterocycles. The fourth-order valence-electron chi connectivity index (χ4n) is 6.46. The Labute approximate surface area is 238 Å². The molecule has 2 bridgehead atoms. The van der Waals surface area contributed by atoms with Crippen LogP contribution in [0.2, 0.25) is 10.0 Å². The third-order valence-corrected chi connectivity index (χ3v) is 10.3. The molecule has 6 nitrogen and oxygen atoms in total. The summed E-state index contributed by atoms with van der Waals surface area (Å²) in [4.78, 5) is 4.53. The second-order valence-electron chi connectivity index (χ2n) is 10.9. The minimum atomic E-state index is -1.13. The Morgan fingerprint density at radius 3 is 2.54 bits per heavy atom. The summed E-state index contributed by atoms with van der Waals surface area (Å²) in [6, 6.07) is 10.2. The lowest BCUT2D eigenvalue weighted by molar-refractivity contribution is -0.116. The molecule has 7 rings (SSSR count). The van der Waals surface area contributed by atoms with E-state index in [2.05, 4.69) is 10.1 Å². The van der Waals surface area contributed by atoms with Crippen molar-refractivity contribution in [2.75, 3.05) is 0 Å². The highest BCUT2D eigenvalue weighted by Gasteiger charge is 2.56. The number of hydrogen-bond acceptors (Lipinski definition) is 7. The molecule has 2 unspecified atom stereocenters. The zero-order valence-electron chi connectivity index (χ0n) is 20.8. The molecule has 3 aliphatic carbocycles. The molecule has 39 heavy (non-hydrogen) atoms. The Bertz CT molecular complexity index is 1610. The topological polar surface area (TPSA) is 92.2 Å². The fraction of sp³-hybridized carbons (Fsp3) is 0.414. The summed E-state index contributed by atoms with van der Waals surface area (Å²) in [6.45, 7) is 0.317. The SMILES string of the molecule is N#Cc1cc(F)c2nc(C3(O)C4CCC3CC(OCc3c(-c5c(Cl)cccc5Cl)noc3C3CC3)C4)sc2c1. The number of nitrogens with zero attached hydrogens (tertiary/aromatic N) is 3. The minimum absolute atomic E-state index is 0.0526. The van der Waals surface area contributed by atoms with Crippen LogP contribution in [-0.2, 0) is 16.9 Å². The minimum Gasteiger partial charge on any atom is -0.382 e. The van der Waals surface area contributed by atoms with Crippen LogP contribution >= 0.6 is 34.5 Å². The van der Waals surface area contributed by atoms with Crippen LogP contribution in [0.25, 0.3) is 21.5 Å². The van der Waals surface area contributed by atoms with Crippen LogP contribution in [0.5, 0.6) is 0 Å². The van der Waals surface area contributed by atoms with Gasteiger partial charge in [0.25, 0.3) is 0 Å². The van der Waals surface area contributed by atoms with Crippen LogP contribution in [0, 0.1) is 29.0 Å². The average Bonchev–Trinajstić information content (AvgIpc) is 3.49. The van der Waals surface area contributed by atoms with Crippen LogP contribution in [-0.4, -0.2) is 21.4 Å². The van der Waals surface area contributed by atoms with E-state index in [1.54, 1.807) is 24.3 Å². The standard InChI is InChI=1S/C29H24Cl2FN3O3S/c30-20-2-1-3-21(31)24(20)25-19(27(38-35-25)15-4-5-15)13-37-18-10-16-6-7-17(11-18)29(16,36)28-34-26-22(32)8-14(12-33)9-23(26)39-28/h1-3,8-9,15-18,36H,4-7,10-11,13H2. The Kier molecular flexibility index (Phi) is 6.22. The molecule has 2 atom stereocenters. The number of thiazole rings is 1. The zero-order valence-corrected chi connectivity index (χ0v) is 23.1. The number of nitriles is 1. The summed E-state index contributed by atoms with van der Waals surface area (Å²) >= 11 is 14.3. The number of halogens is 3. The molecular formula is C29H24Cl2FN3O3S. The Hall–Kier alpha value is -2.54. The zero-order chi connectivity index (χ0) is 26.9. The first-order valence-corrected chi connectivity index (χ1v) is 14.7. The van der Waals surface area contributed by atoms with Gasteiger partial charge in [0.15, 0.2) is 5.82 Å². The number of rotatable bonds is 6. The van der Waals surface area contributed by atoms with Crippen LogP contribution < -0.4 is 0 Å². The molecule has 0 radical (unpaired) electrons. The van der Waals surface area contributed by atoms with Gasteiger partial charge in [0, 0.05) is 17.0 Å². The highest BCUT2D eigenvalue weighted by atomic mass is 35.5. The molecule has 0 amide bonds. The molecule has 200 valence electrons. The molecule has 0 saturated heterocycles. The van der Waals surface area contributed by atoms with Crippen molar-refractivity contribution in [1.82, 2.24) is 10.1 Å². The van der Waals surface area contributed by atoms with Gasteiger partial charge in [0.05, 0.1) is 39.1 Å². The number of hydrogen-bond donors (Lipinski definition) is 1. The van der Waals surface area contributed by atoms with Gasteiger partial charge in [0.1, 0.15) is 27.6 Å². The van der Waals surface area contributed by atoms with Crippen molar-refractivity contribution in [3.05, 3.63) is 68.1 Å². The van der Waals surface area contributed by atoms with Gasteiger partial charge in [-0.3, -0.25) is 0 Å². The Balaban J connectivity index is 1.14. The maximum atomic E-state index is 14.6. The first-order chi connectivity index (χ1) is 18.9. The highest BCUT2D eigenvalue weighted by molar-refractivity contribution is 7.18. The van der Waals surface area contributed by atoms with E-state index in [0.29, 0.717) is 56.4 Å². The number of benzene rings is 2. The summed E-state index contributed by atoms with van der Waals surface area (Å²) in [7, 11) is 0. The van der Waals surface area contributed by atoms with Gasteiger partial charge in [-0.05, 0) is 74.6 Å². The number of aliphatic hydroxyl groups is 1. The first kappa shape index (κ1) is 25.4. The van der Waals surface area contributed by atoms with Gasteiger partial charge in [-0.2, -0.15) is 5.26 Å². The maximum absolute atomic E-state index is 14.6. The molecule has 0 spiro atoms. The van der Waals surface area contributed by atoms with Gasteiger partial charge in [-0.1, -0.05) is 34.4 Å². The molecule has 4 aromatic rings. The van der Waals surface area contributed by atoms with E-state index in [1.807, 2.05) is 6.07 Å². The summed E-state index contributed by atoms with van der Waals surface area (Å²) < 4.78 is 27.5. The maximum Gasteiger partial charge on any atom is 0.151 e. The molecule has 0 aliphatic heterocycles. The van der Waals surface area contributed by atoms with E-state index in [0.717, 1.165) is 37.0 Å². The summed E-state index contributed by atoms with van der Waals surface area (Å²) in [5, 5.41) is 27.1. The lowest BCUT2D eigenvalue weighted by atomic mass is 9.73. The molecule has 3 fully saturated rings. The predicted molar refractivity (Wildman–Crippen MR) is 146 cm³/mol. The van der Waals surface area contributed by atoms with Crippen molar-refractivity contribution in [3.8, 4) is 17.3 Å². The molecule has 2 aromatic carbocycles.